The molecule has 0 aliphatic heterocycles. The predicted molar refractivity (Wildman–Crippen MR) is 61.7 cm³/mol. The molecule has 1 unspecified atom stereocenters. The Hall–Kier alpha value is -1.55. The van der Waals surface area contributed by atoms with Gasteiger partial charge in [-0.1, -0.05) is 12.1 Å². The molecule has 0 heterocycles. The summed E-state index contributed by atoms with van der Waals surface area (Å²) in [6, 6.07) is 7.11. The van der Waals surface area contributed by atoms with E-state index in [1.165, 1.54) is 0 Å². The fourth-order valence-corrected chi connectivity index (χ4v) is 1.59. The summed E-state index contributed by atoms with van der Waals surface area (Å²) in [6.45, 7) is 0.514. The third-order valence-corrected chi connectivity index (χ3v) is 2.51. The van der Waals surface area contributed by atoms with E-state index in [2.05, 4.69) is 0 Å². The van der Waals surface area contributed by atoms with Crippen molar-refractivity contribution in [3.8, 4) is 5.75 Å². The number of nitrogens with two attached hydrogens (primary N) is 1. The minimum Gasteiger partial charge on any atom is -0.497 e. The van der Waals surface area contributed by atoms with Crippen molar-refractivity contribution in [3.63, 3.8) is 0 Å². The monoisotopic (exact) mass is 223 g/mol. The maximum Gasteiger partial charge on any atom is 0.310 e. The minimum atomic E-state index is -0.807. The van der Waals surface area contributed by atoms with E-state index in [9.17, 15) is 4.79 Å². The lowest BCUT2D eigenvalue weighted by molar-refractivity contribution is -0.139. The second kappa shape index (κ2) is 6.12. The van der Waals surface area contributed by atoms with Gasteiger partial charge in [-0.25, -0.2) is 0 Å². The molecule has 0 spiro atoms. The van der Waals surface area contributed by atoms with E-state index in [1.54, 1.807) is 31.4 Å². The maximum absolute atomic E-state index is 11.1. The fourth-order valence-electron chi connectivity index (χ4n) is 1.59. The first-order valence-electron chi connectivity index (χ1n) is 5.26. The van der Waals surface area contributed by atoms with Gasteiger partial charge in [0.25, 0.3) is 0 Å². The summed E-state index contributed by atoms with van der Waals surface area (Å²) in [4.78, 5) is 11.1. The lowest BCUT2D eigenvalue weighted by Crippen LogP contribution is -2.13. The van der Waals surface area contributed by atoms with Crippen molar-refractivity contribution in [2.45, 2.75) is 18.8 Å². The van der Waals surface area contributed by atoms with Gasteiger partial charge in [-0.05, 0) is 37.1 Å². The van der Waals surface area contributed by atoms with Crippen LogP contribution in [0.4, 0.5) is 0 Å². The molecular weight excluding hydrogens is 206 g/mol. The minimum absolute atomic E-state index is 0.477. The third kappa shape index (κ3) is 3.24. The van der Waals surface area contributed by atoms with Crippen LogP contribution in [0.1, 0.15) is 24.3 Å². The van der Waals surface area contributed by atoms with Crippen LogP contribution in [0.2, 0.25) is 0 Å². The summed E-state index contributed by atoms with van der Waals surface area (Å²) < 4.78 is 5.02. The zero-order valence-electron chi connectivity index (χ0n) is 9.35. The van der Waals surface area contributed by atoms with Gasteiger partial charge in [0.05, 0.1) is 13.0 Å². The highest BCUT2D eigenvalue weighted by Crippen LogP contribution is 2.23. The van der Waals surface area contributed by atoms with Crippen LogP contribution < -0.4 is 10.5 Å². The Balaban J connectivity index is 2.79. The normalized spacial score (nSPS) is 12.1. The Morgan fingerprint density at radius 1 is 1.44 bits per heavy atom. The van der Waals surface area contributed by atoms with Crippen molar-refractivity contribution in [3.05, 3.63) is 29.8 Å². The number of ether oxygens (including phenoxy) is 1. The molecule has 0 amide bonds. The standard InChI is InChI=1S/C12H17NO3/c1-16-10-6-4-9(5-7-10)11(12(14)15)3-2-8-13/h4-7,11H,2-3,8,13H2,1H3,(H,14,15). The van der Waals surface area contributed by atoms with E-state index in [-0.39, 0.29) is 0 Å². The Kier molecular flexibility index (Phi) is 4.79. The number of carbonyl (C=O) groups is 1. The first-order valence-corrected chi connectivity index (χ1v) is 5.26. The van der Waals surface area contributed by atoms with Gasteiger partial charge in [-0.3, -0.25) is 4.79 Å². The first-order chi connectivity index (χ1) is 7.69. The highest BCUT2D eigenvalue weighted by Gasteiger charge is 2.18. The summed E-state index contributed by atoms with van der Waals surface area (Å²) in [7, 11) is 1.58. The first kappa shape index (κ1) is 12.5. The number of hydrogen-bond acceptors (Lipinski definition) is 3. The largest absolute Gasteiger partial charge is 0.497 e. The van der Waals surface area contributed by atoms with Gasteiger partial charge in [-0.2, -0.15) is 0 Å². The molecule has 0 saturated heterocycles. The van der Waals surface area contributed by atoms with Crippen LogP contribution in [0.3, 0.4) is 0 Å². The molecule has 1 aromatic rings. The molecule has 4 nitrogen and oxygen atoms in total. The fraction of sp³-hybridized carbons (Fsp3) is 0.417. The van der Waals surface area contributed by atoms with Crippen LogP contribution in [0.15, 0.2) is 24.3 Å². The van der Waals surface area contributed by atoms with E-state index in [0.29, 0.717) is 19.4 Å². The Morgan fingerprint density at radius 3 is 2.50 bits per heavy atom. The van der Waals surface area contributed by atoms with Crippen LogP contribution in [0.5, 0.6) is 5.75 Å². The van der Waals surface area contributed by atoms with E-state index >= 15 is 0 Å². The van der Waals surface area contributed by atoms with Crippen LogP contribution in [-0.4, -0.2) is 24.7 Å². The van der Waals surface area contributed by atoms with Gasteiger partial charge in [-0.15, -0.1) is 0 Å². The zero-order chi connectivity index (χ0) is 12.0. The van der Waals surface area contributed by atoms with Crippen molar-refractivity contribution >= 4 is 5.97 Å². The second-order valence-electron chi connectivity index (χ2n) is 3.59. The van der Waals surface area contributed by atoms with Crippen molar-refractivity contribution < 1.29 is 14.6 Å². The molecule has 0 saturated carbocycles. The summed E-state index contributed by atoms with van der Waals surface area (Å²) in [5, 5.41) is 9.11. The van der Waals surface area contributed by atoms with Gasteiger partial charge < -0.3 is 15.6 Å². The molecule has 16 heavy (non-hydrogen) atoms. The number of carboxylic acid groups (broad SMARTS) is 1. The number of methoxy groups -OCH3 is 1. The Bertz CT molecular complexity index is 335. The highest BCUT2D eigenvalue weighted by molar-refractivity contribution is 5.76. The molecule has 0 fully saturated rings. The van der Waals surface area contributed by atoms with E-state index in [1.807, 2.05) is 0 Å². The molecule has 0 radical (unpaired) electrons. The van der Waals surface area contributed by atoms with E-state index < -0.39 is 11.9 Å². The zero-order valence-corrected chi connectivity index (χ0v) is 9.35. The second-order valence-corrected chi connectivity index (χ2v) is 3.59. The predicted octanol–water partition coefficient (Wildman–Crippen LogP) is 1.60. The van der Waals surface area contributed by atoms with Crippen molar-refractivity contribution in [2.75, 3.05) is 13.7 Å². The topological polar surface area (TPSA) is 72.5 Å². The van der Waals surface area contributed by atoms with Gasteiger partial charge in [0.1, 0.15) is 5.75 Å². The molecular formula is C12H17NO3. The third-order valence-electron chi connectivity index (χ3n) is 2.51. The summed E-state index contributed by atoms with van der Waals surface area (Å²) >= 11 is 0. The van der Waals surface area contributed by atoms with Crippen LogP contribution >= 0.6 is 0 Å². The molecule has 1 atom stereocenters. The number of aliphatic carboxylic acids is 1. The van der Waals surface area contributed by atoms with Crippen molar-refractivity contribution in [2.24, 2.45) is 5.73 Å². The van der Waals surface area contributed by atoms with Crippen molar-refractivity contribution in [1.29, 1.82) is 0 Å². The van der Waals surface area contributed by atoms with Crippen LogP contribution in [0.25, 0.3) is 0 Å². The van der Waals surface area contributed by atoms with Crippen LogP contribution in [0, 0.1) is 0 Å². The molecule has 0 bridgehead atoms. The van der Waals surface area contributed by atoms with E-state index in [4.69, 9.17) is 15.6 Å². The summed E-state index contributed by atoms with van der Waals surface area (Å²) in [6.07, 6.45) is 1.28. The SMILES string of the molecule is COc1ccc(C(CCCN)C(=O)O)cc1. The lowest BCUT2D eigenvalue weighted by atomic mass is 9.94. The molecule has 0 aliphatic rings. The molecule has 1 aromatic carbocycles. The van der Waals surface area contributed by atoms with Gasteiger partial charge in [0.15, 0.2) is 0 Å². The number of hydrogen-bond donors (Lipinski definition) is 2. The number of benzene rings is 1. The molecule has 0 aromatic heterocycles. The van der Waals surface area contributed by atoms with Gasteiger partial charge in [0.2, 0.25) is 0 Å². The molecule has 1 rings (SSSR count). The maximum atomic E-state index is 11.1. The average molecular weight is 223 g/mol. The van der Waals surface area contributed by atoms with Gasteiger partial charge >= 0.3 is 5.97 Å². The molecule has 0 aliphatic carbocycles. The van der Waals surface area contributed by atoms with Crippen molar-refractivity contribution in [1.82, 2.24) is 0 Å². The molecule has 4 heteroatoms. The molecule has 88 valence electrons. The number of rotatable bonds is 6. The molecule has 3 N–H and O–H groups in total. The quantitative estimate of drug-likeness (QED) is 0.768. The average Bonchev–Trinajstić information content (AvgIpc) is 2.30. The summed E-state index contributed by atoms with van der Waals surface area (Å²) in [5.74, 6) is -0.556. The van der Waals surface area contributed by atoms with E-state index in [0.717, 1.165) is 11.3 Å². The van der Waals surface area contributed by atoms with Gasteiger partial charge in [0, 0.05) is 0 Å². The Morgan fingerprint density at radius 2 is 2.06 bits per heavy atom. The highest BCUT2D eigenvalue weighted by atomic mass is 16.5. The lowest BCUT2D eigenvalue weighted by Gasteiger charge is -2.12. The summed E-state index contributed by atoms with van der Waals surface area (Å²) in [5.41, 5.74) is 6.18. The Labute approximate surface area is 95.0 Å². The smallest absolute Gasteiger partial charge is 0.310 e. The van der Waals surface area contributed by atoms with Crippen LogP contribution in [-0.2, 0) is 4.79 Å². The number of carboxylic acids is 1.